The van der Waals surface area contributed by atoms with E-state index in [4.69, 9.17) is 23.2 Å². The van der Waals surface area contributed by atoms with E-state index in [0.29, 0.717) is 47.6 Å². The van der Waals surface area contributed by atoms with Gasteiger partial charge in [-0.15, -0.1) is 0 Å². The molecule has 2 aromatic carbocycles. The van der Waals surface area contributed by atoms with Gasteiger partial charge in [-0.2, -0.15) is 0 Å². The van der Waals surface area contributed by atoms with Crippen LogP contribution in [0.2, 0.25) is 10.0 Å². The number of halogens is 2. The summed E-state index contributed by atoms with van der Waals surface area (Å²) in [5, 5.41) is 0.805. The van der Waals surface area contributed by atoms with Gasteiger partial charge in [0.15, 0.2) is 0 Å². The van der Waals surface area contributed by atoms with Crippen LogP contribution in [-0.4, -0.2) is 29.8 Å². The molecule has 0 bridgehead atoms. The Kier molecular flexibility index (Phi) is 9.01. The summed E-state index contributed by atoms with van der Waals surface area (Å²) in [4.78, 5) is 30.3. The van der Waals surface area contributed by atoms with Gasteiger partial charge in [-0.3, -0.25) is 9.59 Å². The SMILES string of the molecule is CC(C)CC(=O)N1CCCCCCCN(C(=O)c2ccc(Cl)c(Cl)c2)Cc2ccccc21. The second-order valence-electron chi connectivity index (χ2n) is 8.90. The number of fused-ring (bicyclic) bond motifs is 1. The zero-order chi connectivity index (χ0) is 23.1. The maximum Gasteiger partial charge on any atom is 0.254 e. The third kappa shape index (κ3) is 6.49. The second-order valence-corrected chi connectivity index (χ2v) is 9.71. The van der Waals surface area contributed by atoms with Crippen molar-refractivity contribution in [3.8, 4) is 0 Å². The Morgan fingerprint density at radius 1 is 0.906 bits per heavy atom. The first kappa shape index (κ1) is 24.6. The number of hydrogen-bond acceptors (Lipinski definition) is 2. The standard InChI is InChI=1S/C26H32Cl2N2O2/c1-19(2)16-25(31)30-15-9-5-3-4-8-14-29(18-21-10-6-7-11-24(21)30)26(32)20-12-13-22(27)23(28)17-20/h6-7,10-13,17,19H,3-5,8-9,14-16,18H2,1-2H3. The van der Waals surface area contributed by atoms with Gasteiger partial charge >= 0.3 is 0 Å². The third-order valence-corrected chi connectivity index (χ3v) is 6.53. The molecule has 0 aliphatic carbocycles. The van der Waals surface area contributed by atoms with Gasteiger partial charge in [-0.25, -0.2) is 0 Å². The van der Waals surface area contributed by atoms with E-state index in [-0.39, 0.29) is 11.8 Å². The predicted octanol–water partition coefficient (Wildman–Crippen LogP) is 6.98. The molecule has 172 valence electrons. The highest BCUT2D eigenvalue weighted by atomic mass is 35.5. The summed E-state index contributed by atoms with van der Waals surface area (Å²) in [7, 11) is 0. The van der Waals surface area contributed by atoms with Gasteiger partial charge in [0.05, 0.1) is 10.0 Å². The van der Waals surface area contributed by atoms with E-state index < -0.39 is 0 Å². The molecule has 1 aliphatic heterocycles. The van der Waals surface area contributed by atoms with Crippen molar-refractivity contribution in [2.24, 2.45) is 5.92 Å². The fourth-order valence-corrected chi connectivity index (χ4v) is 4.42. The Labute approximate surface area is 201 Å². The molecule has 2 aromatic rings. The van der Waals surface area contributed by atoms with Gasteiger partial charge in [-0.1, -0.05) is 74.5 Å². The van der Waals surface area contributed by atoms with Crippen molar-refractivity contribution in [1.82, 2.24) is 4.90 Å². The lowest BCUT2D eigenvalue weighted by Gasteiger charge is -2.30. The zero-order valence-corrected chi connectivity index (χ0v) is 20.5. The van der Waals surface area contributed by atoms with Crippen LogP contribution in [0.4, 0.5) is 5.69 Å². The van der Waals surface area contributed by atoms with Crippen molar-refractivity contribution in [3.05, 3.63) is 63.6 Å². The van der Waals surface area contributed by atoms with Crippen LogP contribution in [0.15, 0.2) is 42.5 Å². The van der Waals surface area contributed by atoms with Gasteiger partial charge in [0.1, 0.15) is 0 Å². The Balaban J connectivity index is 1.94. The number of carbonyl (C=O) groups is 2. The normalized spacial score (nSPS) is 15.7. The summed E-state index contributed by atoms with van der Waals surface area (Å²) < 4.78 is 0. The van der Waals surface area contributed by atoms with E-state index in [1.165, 1.54) is 0 Å². The third-order valence-electron chi connectivity index (χ3n) is 5.79. The zero-order valence-electron chi connectivity index (χ0n) is 18.9. The second kappa shape index (κ2) is 11.7. The molecule has 0 saturated carbocycles. The van der Waals surface area contributed by atoms with Crippen LogP contribution < -0.4 is 4.90 Å². The fraction of sp³-hybridized carbons (Fsp3) is 0.462. The highest BCUT2D eigenvalue weighted by molar-refractivity contribution is 6.42. The summed E-state index contributed by atoms with van der Waals surface area (Å²) in [6.07, 6.45) is 5.69. The summed E-state index contributed by atoms with van der Waals surface area (Å²) in [5.74, 6) is 0.367. The molecule has 0 aromatic heterocycles. The van der Waals surface area contributed by atoms with Crippen molar-refractivity contribution in [2.45, 2.75) is 58.9 Å². The number of rotatable bonds is 3. The van der Waals surface area contributed by atoms with Gasteiger partial charge in [0.25, 0.3) is 5.91 Å². The molecule has 3 rings (SSSR count). The molecule has 0 N–H and O–H groups in total. The monoisotopic (exact) mass is 474 g/mol. The largest absolute Gasteiger partial charge is 0.334 e. The smallest absolute Gasteiger partial charge is 0.254 e. The first-order chi connectivity index (χ1) is 15.4. The molecule has 4 nitrogen and oxygen atoms in total. The van der Waals surface area contributed by atoms with E-state index in [9.17, 15) is 9.59 Å². The Morgan fingerprint density at radius 2 is 1.59 bits per heavy atom. The molecule has 0 saturated heterocycles. The quantitative estimate of drug-likeness (QED) is 0.481. The first-order valence-corrected chi connectivity index (χ1v) is 12.2. The van der Waals surface area contributed by atoms with E-state index in [0.717, 1.165) is 43.4 Å². The average Bonchev–Trinajstić information content (AvgIpc) is 2.75. The molecule has 1 aliphatic rings. The summed E-state index contributed by atoms with van der Waals surface area (Å²) in [6, 6.07) is 13.0. The number of amides is 2. The van der Waals surface area contributed by atoms with Crippen LogP contribution in [0.3, 0.4) is 0 Å². The molecule has 32 heavy (non-hydrogen) atoms. The molecule has 0 unspecified atom stereocenters. The highest BCUT2D eigenvalue weighted by Crippen LogP contribution is 2.27. The van der Waals surface area contributed by atoms with Crippen LogP contribution in [0.25, 0.3) is 0 Å². The topological polar surface area (TPSA) is 40.6 Å². The van der Waals surface area contributed by atoms with E-state index >= 15 is 0 Å². The molecule has 0 atom stereocenters. The number of anilines is 1. The number of hydrogen-bond donors (Lipinski definition) is 0. The minimum absolute atomic E-state index is 0.0736. The fourth-order valence-electron chi connectivity index (χ4n) is 4.12. The maximum atomic E-state index is 13.4. The van der Waals surface area contributed by atoms with Crippen LogP contribution in [-0.2, 0) is 11.3 Å². The maximum absolute atomic E-state index is 13.4. The lowest BCUT2D eigenvalue weighted by molar-refractivity contribution is -0.119. The van der Waals surface area contributed by atoms with Crippen molar-refractivity contribution in [1.29, 1.82) is 0 Å². The van der Waals surface area contributed by atoms with Crippen LogP contribution in [0.1, 0.15) is 68.3 Å². The molecular weight excluding hydrogens is 443 g/mol. The van der Waals surface area contributed by atoms with Crippen molar-refractivity contribution < 1.29 is 9.59 Å². The number of benzene rings is 2. The average molecular weight is 475 g/mol. The van der Waals surface area contributed by atoms with Crippen molar-refractivity contribution in [3.63, 3.8) is 0 Å². The number of para-hydroxylation sites is 1. The van der Waals surface area contributed by atoms with Gasteiger partial charge in [0.2, 0.25) is 5.91 Å². The Hall–Kier alpha value is -2.04. The molecule has 0 fully saturated rings. The lowest BCUT2D eigenvalue weighted by Crippen LogP contribution is -2.36. The van der Waals surface area contributed by atoms with Gasteiger partial charge in [-0.05, 0) is 48.6 Å². The van der Waals surface area contributed by atoms with Crippen LogP contribution >= 0.6 is 23.2 Å². The Bertz CT molecular complexity index is 945. The van der Waals surface area contributed by atoms with E-state index in [1.807, 2.05) is 34.1 Å². The minimum atomic E-state index is -0.0736. The van der Waals surface area contributed by atoms with Gasteiger partial charge in [0, 0.05) is 37.3 Å². The summed E-state index contributed by atoms with van der Waals surface area (Å²) in [5.41, 5.74) is 2.42. The minimum Gasteiger partial charge on any atom is -0.334 e. The van der Waals surface area contributed by atoms with E-state index in [2.05, 4.69) is 13.8 Å². The van der Waals surface area contributed by atoms with Crippen LogP contribution in [0, 0.1) is 5.92 Å². The molecule has 0 radical (unpaired) electrons. The van der Waals surface area contributed by atoms with Crippen LogP contribution in [0.5, 0.6) is 0 Å². The molecule has 0 spiro atoms. The van der Waals surface area contributed by atoms with Crippen molar-refractivity contribution >= 4 is 40.7 Å². The van der Waals surface area contributed by atoms with E-state index in [1.54, 1.807) is 18.2 Å². The highest BCUT2D eigenvalue weighted by Gasteiger charge is 2.23. The summed E-state index contributed by atoms with van der Waals surface area (Å²) in [6.45, 7) is 5.95. The Morgan fingerprint density at radius 3 is 2.31 bits per heavy atom. The molecule has 2 amide bonds. The molecule has 6 heteroatoms. The number of carbonyl (C=O) groups excluding carboxylic acids is 2. The molecular formula is C26H32Cl2N2O2. The first-order valence-electron chi connectivity index (χ1n) is 11.5. The molecule has 1 heterocycles. The number of nitrogens with zero attached hydrogens (tertiary/aromatic N) is 2. The van der Waals surface area contributed by atoms with Crippen molar-refractivity contribution in [2.75, 3.05) is 18.0 Å². The summed E-state index contributed by atoms with van der Waals surface area (Å²) >= 11 is 12.2. The lowest BCUT2D eigenvalue weighted by atomic mass is 10.0. The predicted molar refractivity (Wildman–Crippen MR) is 133 cm³/mol. The van der Waals surface area contributed by atoms with Gasteiger partial charge < -0.3 is 9.80 Å².